The predicted octanol–water partition coefficient (Wildman–Crippen LogP) is 1.27. The molecule has 0 aromatic rings. The molecule has 1 saturated carbocycles. The number of thiocarbonyl (C=S) groups is 1. The van der Waals surface area contributed by atoms with Gasteiger partial charge in [-0.15, -0.1) is 0 Å². The van der Waals surface area contributed by atoms with Crippen molar-refractivity contribution in [2.45, 2.75) is 25.7 Å². The summed E-state index contributed by atoms with van der Waals surface area (Å²) in [5, 5.41) is 6.22. The number of hydrogen-bond donors (Lipinski definition) is 2. The maximum absolute atomic E-state index is 5.23. The van der Waals surface area contributed by atoms with E-state index in [1.165, 1.54) is 25.7 Å². The highest BCUT2D eigenvalue weighted by Crippen LogP contribution is 2.25. The standard InChI is InChI=1S/C8H16N2S/c1-9-6-10-8(11)7-4-2-3-5-7/h7,9H,2-6H2,1H3,(H,10,11). The SMILES string of the molecule is CNCNC(=S)C1CCCC1. The Morgan fingerprint density at radius 1 is 1.45 bits per heavy atom. The third-order valence-corrected chi connectivity index (χ3v) is 2.64. The average Bonchev–Trinajstić information content (AvgIpc) is 2.52. The summed E-state index contributed by atoms with van der Waals surface area (Å²) in [6.07, 6.45) is 5.28. The van der Waals surface area contributed by atoms with E-state index in [4.69, 9.17) is 12.2 Å². The quantitative estimate of drug-likeness (QED) is 0.495. The van der Waals surface area contributed by atoms with Gasteiger partial charge >= 0.3 is 0 Å². The molecular formula is C8H16N2S. The van der Waals surface area contributed by atoms with E-state index in [2.05, 4.69) is 10.6 Å². The highest BCUT2D eigenvalue weighted by molar-refractivity contribution is 7.80. The monoisotopic (exact) mass is 172 g/mol. The zero-order chi connectivity index (χ0) is 8.10. The summed E-state index contributed by atoms with van der Waals surface area (Å²) >= 11 is 5.23. The van der Waals surface area contributed by atoms with Crippen molar-refractivity contribution in [1.29, 1.82) is 0 Å². The Kier molecular flexibility index (Phi) is 3.80. The first-order valence-corrected chi connectivity index (χ1v) is 4.67. The van der Waals surface area contributed by atoms with Crippen LogP contribution in [0.1, 0.15) is 25.7 Å². The summed E-state index contributed by atoms with van der Waals surface area (Å²) < 4.78 is 0. The van der Waals surface area contributed by atoms with E-state index >= 15 is 0 Å². The molecule has 1 aliphatic rings. The van der Waals surface area contributed by atoms with Crippen LogP contribution in [0.3, 0.4) is 0 Å². The Labute approximate surface area is 73.7 Å². The Morgan fingerprint density at radius 2 is 2.09 bits per heavy atom. The van der Waals surface area contributed by atoms with Gasteiger partial charge in [0.1, 0.15) is 0 Å². The maximum Gasteiger partial charge on any atom is 0.0794 e. The Morgan fingerprint density at radius 3 is 2.64 bits per heavy atom. The van der Waals surface area contributed by atoms with Crippen LogP contribution in [-0.2, 0) is 0 Å². The van der Waals surface area contributed by atoms with Crippen LogP contribution in [-0.4, -0.2) is 18.7 Å². The number of hydrogen-bond acceptors (Lipinski definition) is 2. The molecule has 0 saturated heterocycles. The first kappa shape index (κ1) is 8.94. The lowest BCUT2D eigenvalue weighted by Crippen LogP contribution is -2.34. The summed E-state index contributed by atoms with van der Waals surface area (Å²) in [5.41, 5.74) is 0. The van der Waals surface area contributed by atoms with Crippen molar-refractivity contribution >= 4 is 17.2 Å². The second-order valence-corrected chi connectivity index (χ2v) is 3.49. The minimum Gasteiger partial charge on any atom is -0.367 e. The zero-order valence-corrected chi connectivity index (χ0v) is 7.84. The van der Waals surface area contributed by atoms with E-state index in [0.717, 1.165) is 11.7 Å². The van der Waals surface area contributed by atoms with Crippen LogP contribution in [0.15, 0.2) is 0 Å². The molecule has 2 nitrogen and oxygen atoms in total. The van der Waals surface area contributed by atoms with Gasteiger partial charge in [0, 0.05) is 5.92 Å². The van der Waals surface area contributed by atoms with E-state index in [0.29, 0.717) is 5.92 Å². The van der Waals surface area contributed by atoms with Crippen molar-refractivity contribution in [3.63, 3.8) is 0 Å². The van der Waals surface area contributed by atoms with E-state index in [-0.39, 0.29) is 0 Å². The summed E-state index contributed by atoms with van der Waals surface area (Å²) in [5.74, 6) is 0.665. The van der Waals surface area contributed by atoms with Gasteiger partial charge in [-0.25, -0.2) is 0 Å². The molecule has 64 valence electrons. The van der Waals surface area contributed by atoms with Gasteiger partial charge in [0.2, 0.25) is 0 Å². The molecule has 1 rings (SSSR count). The summed E-state index contributed by atoms with van der Waals surface area (Å²) in [4.78, 5) is 1.05. The summed E-state index contributed by atoms with van der Waals surface area (Å²) in [7, 11) is 1.92. The molecule has 0 aromatic heterocycles. The Hall–Kier alpha value is -0.150. The van der Waals surface area contributed by atoms with Gasteiger partial charge < -0.3 is 10.6 Å². The van der Waals surface area contributed by atoms with E-state index < -0.39 is 0 Å². The fourth-order valence-corrected chi connectivity index (χ4v) is 1.82. The fourth-order valence-electron chi connectivity index (χ4n) is 1.51. The van der Waals surface area contributed by atoms with E-state index in [1.54, 1.807) is 0 Å². The predicted molar refractivity (Wildman–Crippen MR) is 51.6 cm³/mol. The molecule has 0 heterocycles. The Bertz CT molecular complexity index is 130. The van der Waals surface area contributed by atoms with Gasteiger partial charge in [0.05, 0.1) is 11.7 Å². The molecule has 11 heavy (non-hydrogen) atoms. The van der Waals surface area contributed by atoms with Crippen molar-refractivity contribution in [3.8, 4) is 0 Å². The first-order chi connectivity index (χ1) is 5.34. The highest BCUT2D eigenvalue weighted by atomic mass is 32.1. The molecule has 1 fully saturated rings. The molecule has 0 atom stereocenters. The number of rotatable bonds is 3. The van der Waals surface area contributed by atoms with Gasteiger partial charge in [-0.1, -0.05) is 25.1 Å². The smallest absolute Gasteiger partial charge is 0.0794 e. The second kappa shape index (κ2) is 4.67. The molecule has 0 spiro atoms. The molecule has 0 aromatic carbocycles. The average molecular weight is 172 g/mol. The van der Waals surface area contributed by atoms with Crippen molar-refractivity contribution in [2.75, 3.05) is 13.7 Å². The van der Waals surface area contributed by atoms with Crippen molar-refractivity contribution in [1.82, 2.24) is 10.6 Å². The van der Waals surface area contributed by atoms with Crippen LogP contribution in [0.4, 0.5) is 0 Å². The van der Waals surface area contributed by atoms with Crippen LogP contribution < -0.4 is 10.6 Å². The molecular weight excluding hydrogens is 156 g/mol. The molecule has 3 heteroatoms. The normalized spacial score (nSPS) is 18.6. The third-order valence-electron chi connectivity index (χ3n) is 2.17. The van der Waals surface area contributed by atoms with Crippen LogP contribution in [0.25, 0.3) is 0 Å². The van der Waals surface area contributed by atoms with Crippen molar-refractivity contribution < 1.29 is 0 Å². The summed E-state index contributed by atoms with van der Waals surface area (Å²) in [6, 6.07) is 0. The molecule has 2 N–H and O–H groups in total. The minimum atomic E-state index is 0.665. The van der Waals surface area contributed by atoms with Crippen LogP contribution in [0.2, 0.25) is 0 Å². The molecule has 0 amide bonds. The van der Waals surface area contributed by atoms with Gasteiger partial charge in [-0.05, 0) is 19.9 Å². The molecule has 0 bridgehead atoms. The molecule has 0 unspecified atom stereocenters. The molecule has 0 aliphatic heterocycles. The molecule has 0 radical (unpaired) electrons. The van der Waals surface area contributed by atoms with Crippen LogP contribution >= 0.6 is 12.2 Å². The van der Waals surface area contributed by atoms with Gasteiger partial charge in [-0.3, -0.25) is 0 Å². The van der Waals surface area contributed by atoms with Gasteiger partial charge in [0.15, 0.2) is 0 Å². The van der Waals surface area contributed by atoms with E-state index in [9.17, 15) is 0 Å². The zero-order valence-electron chi connectivity index (χ0n) is 7.02. The second-order valence-electron chi connectivity index (χ2n) is 3.05. The lowest BCUT2D eigenvalue weighted by Gasteiger charge is -2.12. The lowest BCUT2D eigenvalue weighted by molar-refractivity contribution is 0.678. The maximum atomic E-state index is 5.23. The highest BCUT2D eigenvalue weighted by Gasteiger charge is 2.18. The van der Waals surface area contributed by atoms with Crippen LogP contribution in [0, 0.1) is 5.92 Å². The van der Waals surface area contributed by atoms with Crippen molar-refractivity contribution in [3.05, 3.63) is 0 Å². The largest absolute Gasteiger partial charge is 0.367 e. The first-order valence-electron chi connectivity index (χ1n) is 4.27. The van der Waals surface area contributed by atoms with Gasteiger partial charge in [-0.2, -0.15) is 0 Å². The Balaban J connectivity index is 2.17. The number of nitrogens with one attached hydrogen (secondary N) is 2. The van der Waals surface area contributed by atoms with Crippen LogP contribution in [0.5, 0.6) is 0 Å². The molecule has 1 aliphatic carbocycles. The van der Waals surface area contributed by atoms with Crippen molar-refractivity contribution in [2.24, 2.45) is 5.92 Å². The van der Waals surface area contributed by atoms with Gasteiger partial charge in [0.25, 0.3) is 0 Å². The summed E-state index contributed by atoms with van der Waals surface area (Å²) in [6.45, 7) is 0.801. The third kappa shape index (κ3) is 2.75. The lowest BCUT2D eigenvalue weighted by atomic mass is 10.1. The minimum absolute atomic E-state index is 0.665. The fraction of sp³-hybridized carbons (Fsp3) is 0.875. The topological polar surface area (TPSA) is 24.1 Å². The van der Waals surface area contributed by atoms with E-state index in [1.807, 2.05) is 7.05 Å².